The summed E-state index contributed by atoms with van der Waals surface area (Å²) in [7, 11) is 1.75. The summed E-state index contributed by atoms with van der Waals surface area (Å²) >= 11 is 0. The third-order valence-corrected chi connectivity index (χ3v) is 3.93. The smallest absolute Gasteiger partial charge is 0.278 e. The van der Waals surface area contributed by atoms with Crippen molar-refractivity contribution in [3.8, 4) is 0 Å². The second kappa shape index (κ2) is 5.29. The van der Waals surface area contributed by atoms with Crippen molar-refractivity contribution in [3.05, 3.63) is 40.2 Å². The molecule has 1 amide bonds. The summed E-state index contributed by atoms with van der Waals surface area (Å²) in [5.41, 5.74) is 0.441. The standard InChI is InChI=1S/C15H18N4O2/c1-10-9-16-7-8-19(10)15(21)13-14(20)11-5-3-4-6-12(11)18(2)17-13/h3-6,10,16H,7-9H2,1-2H3/t10-/m1/s1. The number of nitrogens with one attached hydrogen (secondary N) is 1. The maximum absolute atomic E-state index is 12.6. The fraction of sp³-hybridized carbons (Fsp3) is 0.400. The molecule has 1 aliphatic rings. The SMILES string of the molecule is C[C@@H]1CNCCN1C(=O)c1nn(C)c2ccccc2c1=O. The van der Waals surface area contributed by atoms with Crippen LogP contribution in [-0.2, 0) is 7.05 Å². The van der Waals surface area contributed by atoms with Crippen molar-refractivity contribution in [3.63, 3.8) is 0 Å². The first-order chi connectivity index (χ1) is 10.1. The number of amides is 1. The Labute approximate surface area is 122 Å². The maximum atomic E-state index is 12.6. The van der Waals surface area contributed by atoms with Gasteiger partial charge in [-0.05, 0) is 19.1 Å². The van der Waals surface area contributed by atoms with E-state index in [2.05, 4.69) is 10.4 Å². The molecule has 0 aliphatic carbocycles. The average Bonchev–Trinajstić information content (AvgIpc) is 2.51. The van der Waals surface area contributed by atoms with Crippen LogP contribution in [0.2, 0.25) is 0 Å². The van der Waals surface area contributed by atoms with Crippen LogP contribution in [0.5, 0.6) is 0 Å². The number of nitrogens with zero attached hydrogens (tertiary/aromatic N) is 3. The zero-order valence-electron chi connectivity index (χ0n) is 12.2. The molecule has 0 radical (unpaired) electrons. The Bertz CT molecular complexity index is 753. The first-order valence-corrected chi connectivity index (χ1v) is 7.07. The van der Waals surface area contributed by atoms with E-state index >= 15 is 0 Å². The van der Waals surface area contributed by atoms with E-state index in [4.69, 9.17) is 0 Å². The molecule has 3 rings (SSSR count). The van der Waals surface area contributed by atoms with E-state index in [1.165, 1.54) is 0 Å². The predicted molar refractivity (Wildman–Crippen MR) is 80.4 cm³/mol. The van der Waals surface area contributed by atoms with Gasteiger partial charge in [-0.15, -0.1) is 0 Å². The molecule has 0 unspecified atom stereocenters. The van der Waals surface area contributed by atoms with Gasteiger partial charge in [0.25, 0.3) is 5.91 Å². The number of carbonyl (C=O) groups is 1. The van der Waals surface area contributed by atoms with E-state index in [0.717, 1.165) is 18.6 Å². The predicted octanol–water partition coefficient (Wildman–Crippen LogP) is 0.367. The number of aryl methyl sites for hydroxylation is 1. The van der Waals surface area contributed by atoms with Crippen molar-refractivity contribution in [1.29, 1.82) is 0 Å². The zero-order chi connectivity index (χ0) is 15.0. The fourth-order valence-corrected chi connectivity index (χ4v) is 2.74. The lowest BCUT2D eigenvalue weighted by atomic mass is 10.1. The summed E-state index contributed by atoms with van der Waals surface area (Å²) in [5, 5.41) is 7.96. The van der Waals surface area contributed by atoms with Gasteiger partial charge in [-0.1, -0.05) is 12.1 Å². The van der Waals surface area contributed by atoms with E-state index in [9.17, 15) is 9.59 Å². The minimum absolute atomic E-state index is 0.00458. The van der Waals surface area contributed by atoms with Gasteiger partial charge < -0.3 is 10.2 Å². The number of fused-ring (bicyclic) bond motifs is 1. The van der Waals surface area contributed by atoms with Crippen LogP contribution in [-0.4, -0.2) is 46.3 Å². The van der Waals surface area contributed by atoms with Crippen LogP contribution in [0.1, 0.15) is 17.4 Å². The van der Waals surface area contributed by atoms with Gasteiger partial charge in [0.1, 0.15) is 0 Å². The van der Waals surface area contributed by atoms with Crippen molar-refractivity contribution in [2.45, 2.75) is 13.0 Å². The summed E-state index contributed by atoms with van der Waals surface area (Å²) < 4.78 is 1.59. The van der Waals surface area contributed by atoms with Crippen LogP contribution >= 0.6 is 0 Å². The Hall–Kier alpha value is -2.21. The number of carbonyl (C=O) groups excluding carboxylic acids is 1. The Balaban J connectivity index is 2.10. The van der Waals surface area contributed by atoms with Crippen molar-refractivity contribution in [2.75, 3.05) is 19.6 Å². The molecule has 1 aromatic heterocycles. The minimum atomic E-state index is -0.292. The number of para-hydroxylation sites is 1. The second-order valence-electron chi connectivity index (χ2n) is 5.37. The van der Waals surface area contributed by atoms with E-state index < -0.39 is 0 Å². The summed E-state index contributed by atoms with van der Waals surface area (Å²) in [6.07, 6.45) is 0. The molecule has 110 valence electrons. The Morgan fingerprint density at radius 3 is 2.90 bits per heavy atom. The van der Waals surface area contributed by atoms with Gasteiger partial charge >= 0.3 is 0 Å². The highest BCUT2D eigenvalue weighted by atomic mass is 16.2. The fourth-order valence-electron chi connectivity index (χ4n) is 2.74. The van der Waals surface area contributed by atoms with Crippen LogP contribution in [0.25, 0.3) is 10.9 Å². The highest BCUT2D eigenvalue weighted by Gasteiger charge is 2.27. The topological polar surface area (TPSA) is 67.2 Å². The van der Waals surface area contributed by atoms with Gasteiger partial charge in [-0.3, -0.25) is 14.3 Å². The Morgan fingerprint density at radius 1 is 1.38 bits per heavy atom. The monoisotopic (exact) mass is 286 g/mol. The van der Waals surface area contributed by atoms with Gasteiger partial charge in [-0.25, -0.2) is 0 Å². The first kappa shape index (κ1) is 13.8. The number of benzene rings is 1. The third-order valence-electron chi connectivity index (χ3n) is 3.93. The highest BCUT2D eigenvalue weighted by molar-refractivity contribution is 5.95. The molecule has 1 atom stereocenters. The number of hydrogen-bond donors (Lipinski definition) is 1. The Morgan fingerprint density at radius 2 is 2.14 bits per heavy atom. The molecule has 1 saturated heterocycles. The molecule has 1 aromatic carbocycles. The highest BCUT2D eigenvalue weighted by Crippen LogP contribution is 2.11. The molecule has 0 bridgehead atoms. The molecular formula is C15H18N4O2. The molecule has 2 heterocycles. The summed E-state index contributed by atoms with van der Waals surface area (Å²) in [5.74, 6) is -0.282. The quantitative estimate of drug-likeness (QED) is 0.822. The van der Waals surface area contributed by atoms with Crippen LogP contribution in [0.3, 0.4) is 0 Å². The van der Waals surface area contributed by atoms with E-state index in [-0.39, 0.29) is 23.1 Å². The molecule has 1 N–H and O–H groups in total. The zero-order valence-corrected chi connectivity index (χ0v) is 12.2. The van der Waals surface area contributed by atoms with Crippen LogP contribution in [0.15, 0.2) is 29.1 Å². The van der Waals surface area contributed by atoms with E-state index in [0.29, 0.717) is 11.9 Å². The second-order valence-corrected chi connectivity index (χ2v) is 5.37. The number of hydrogen-bond acceptors (Lipinski definition) is 4. The van der Waals surface area contributed by atoms with Crippen molar-refractivity contribution >= 4 is 16.8 Å². The lowest BCUT2D eigenvalue weighted by Crippen LogP contribution is -2.53. The molecule has 0 spiro atoms. The Kier molecular flexibility index (Phi) is 3.47. The van der Waals surface area contributed by atoms with Gasteiger partial charge in [0.05, 0.1) is 5.52 Å². The minimum Gasteiger partial charge on any atom is -0.332 e. The molecule has 6 heteroatoms. The largest absolute Gasteiger partial charge is 0.332 e. The molecule has 6 nitrogen and oxygen atoms in total. The van der Waals surface area contributed by atoms with Gasteiger partial charge in [-0.2, -0.15) is 5.10 Å². The van der Waals surface area contributed by atoms with Crippen molar-refractivity contribution < 1.29 is 4.79 Å². The van der Waals surface area contributed by atoms with E-state index in [1.807, 2.05) is 19.1 Å². The van der Waals surface area contributed by atoms with E-state index in [1.54, 1.807) is 28.8 Å². The first-order valence-electron chi connectivity index (χ1n) is 7.07. The summed E-state index contributed by atoms with van der Waals surface area (Å²) in [6.45, 7) is 4.04. The van der Waals surface area contributed by atoms with Crippen molar-refractivity contribution in [1.82, 2.24) is 20.0 Å². The molecule has 2 aromatic rings. The summed E-state index contributed by atoms with van der Waals surface area (Å²) in [4.78, 5) is 26.9. The number of aromatic nitrogens is 2. The van der Waals surface area contributed by atoms with Crippen LogP contribution < -0.4 is 10.7 Å². The lowest BCUT2D eigenvalue weighted by Gasteiger charge is -2.33. The lowest BCUT2D eigenvalue weighted by molar-refractivity contribution is 0.0646. The number of rotatable bonds is 1. The third kappa shape index (κ3) is 2.31. The van der Waals surface area contributed by atoms with Crippen LogP contribution in [0.4, 0.5) is 0 Å². The number of piperazine rings is 1. The van der Waals surface area contributed by atoms with Gasteiger partial charge in [0.2, 0.25) is 5.43 Å². The maximum Gasteiger partial charge on any atom is 0.278 e. The molecule has 21 heavy (non-hydrogen) atoms. The molecule has 1 aliphatic heterocycles. The molecule has 0 saturated carbocycles. The normalized spacial score (nSPS) is 19.0. The van der Waals surface area contributed by atoms with Crippen LogP contribution in [0, 0.1) is 0 Å². The van der Waals surface area contributed by atoms with Gasteiger partial charge in [0, 0.05) is 38.1 Å². The molecule has 1 fully saturated rings. The average molecular weight is 286 g/mol. The molecular weight excluding hydrogens is 268 g/mol. The summed E-state index contributed by atoms with van der Waals surface area (Å²) in [6, 6.07) is 7.27. The van der Waals surface area contributed by atoms with Gasteiger partial charge in [0.15, 0.2) is 5.69 Å². The van der Waals surface area contributed by atoms with Crippen molar-refractivity contribution in [2.24, 2.45) is 7.05 Å².